The second-order valence-electron chi connectivity index (χ2n) is 7.77. The van der Waals surface area contributed by atoms with Crippen LogP contribution in [0.4, 0.5) is 0 Å². The number of nitrogens with one attached hydrogen (secondary N) is 1. The molecule has 5 rings (SSSR count). The van der Waals surface area contributed by atoms with Gasteiger partial charge in [-0.15, -0.1) is 0 Å². The van der Waals surface area contributed by atoms with Crippen LogP contribution in [-0.4, -0.2) is 45.8 Å². The number of amides is 1. The van der Waals surface area contributed by atoms with E-state index in [0.717, 1.165) is 35.2 Å². The molecule has 0 bridgehead atoms. The van der Waals surface area contributed by atoms with Crippen LogP contribution in [0.1, 0.15) is 34.9 Å². The average molecular weight is 378 g/mol. The van der Waals surface area contributed by atoms with Crippen molar-refractivity contribution in [2.24, 2.45) is 5.92 Å². The lowest BCUT2D eigenvalue weighted by Gasteiger charge is -2.39. The summed E-state index contributed by atoms with van der Waals surface area (Å²) in [5.74, 6) is 1.52. The molecule has 1 N–H and O–H groups in total. The SMILES string of the molecule is COc1ccc2cc(C(=O)N3CC(Cn4nc(C5CC5)ccc4=O)C3)[nH]c2c1. The number of fused-ring (bicyclic) bond motifs is 1. The predicted octanol–water partition coefficient (Wildman–Crippen LogP) is 2.38. The molecular weight excluding hydrogens is 356 g/mol. The van der Waals surface area contributed by atoms with E-state index in [4.69, 9.17) is 4.74 Å². The van der Waals surface area contributed by atoms with E-state index < -0.39 is 0 Å². The molecule has 3 aromatic rings. The summed E-state index contributed by atoms with van der Waals surface area (Å²) < 4.78 is 6.79. The molecule has 1 aliphatic carbocycles. The molecule has 0 radical (unpaired) electrons. The Morgan fingerprint density at radius 1 is 1.21 bits per heavy atom. The second-order valence-corrected chi connectivity index (χ2v) is 7.77. The van der Waals surface area contributed by atoms with Gasteiger partial charge in [0.25, 0.3) is 11.5 Å². The highest BCUT2D eigenvalue weighted by atomic mass is 16.5. The summed E-state index contributed by atoms with van der Waals surface area (Å²) in [7, 11) is 1.62. The third-order valence-electron chi connectivity index (χ3n) is 5.62. The van der Waals surface area contributed by atoms with Gasteiger partial charge in [0.2, 0.25) is 0 Å². The van der Waals surface area contributed by atoms with Gasteiger partial charge in [-0.05, 0) is 37.1 Å². The molecule has 2 aromatic heterocycles. The Kier molecular flexibility index (Phi) is 3.96. The first-order valence-electron chi connectivity index (χ1n) is 9.65. The van der Waals surface area contributed by atoms with Crippen LogP contribution < -0.4 is 10.3 Å². The van der Waals surface area contributed by atoms with Crippen molar-refractivity contribution in [2.45, 2.75) is 25.3 Å². The monoisotopic (exact) mass is 378 g/mol. The third-order valence-corrected chi connectivity index (χ3v) is 5.62. The largest absolute Gasteiger partial charge is 0.497 e. The molecule has 2 fully saturated rings. The topological polar surface area (TPSA) is 80.2 Å². The fourth-order valence-corrected chi connectivity index (χ4v) is 3.81. The number of likely N-dealkylation sites (tertiary alicyclic amines) is 1. The van der Waals surface area contributed by atoms with E-state index in [-0.39, 0.29) is 17.4 Å². The minimum atomic E-state index is -0.0706. The number of rotatable bonds is 5. The average Bonchev–Trinajstić information content (AvgIpc) is 3.43. The maximum Gasteiger partial charge on any atom is 0.270 e. The van der Waals surface area contributed by atoms with Crippen LogP contribution >= 0.6 is 0 Å². The fourth-order valence-electron chi connectivity index (χ4n) is 3.81. The first kappa shape index (κ1) is 17.0. The Bertz CT molecular complexity index is 1110. The zero-order valence-corrected chi connectivity index (χ0v) is 15.7. The molecule has 1 aliphatic heterocycles. The molecule has 1 saturated heterocycles. The van der Waals surface area contributed by atoms with Crippen LogP contribution in [0.2, 0.25) is 0 Å². The van der Waals surface area contributed by atoms with E-state index in [0.29, 0.717) is 31.2 Å². The second kappa shape index (κ2) is 6.51. The third kappa shape index (κ3) is 3.06. The van der Waals surface area contributed by atoms with Gasteiger partial charge in [-0.3, -0.25) is 9.59 Å². The van der Waals surface area contributed by atoms with E-state index in [2.05, 4.69) is 10.1 Å². The summed E-state index contributed by atoms with van der Waals surface area (Å²) in [5.41, 5.74) is 2.40. The van der Waals surface area contributed by atoms with Crippen LogP contribution in [0.15, 0.2) is 41.2 Å². The molecule has 1 saturated carbocycles. The fraction of sp³-hybridized carbons (Fsp3) is 0.381. The summed E-state index contributed by atoms with van der Waals surface area (Å²) in [6.45, 7) is 1.84. The van der Waals surface area contributed by atoms with E-state index in [1.807, 2.05) is 35.2 Å². The molecule has 2 aliphatic rings. The number of ether oxygens (including phenoxy) is 1. The highest BCUT2D eigenvalue weighted by molar-refractivity contribution is 5.98. The van der Waals surface area contributed by atoms with E-state index in [1.54, 1.807) is 17.9 Å². The number of aromatic nitrogens is 3. The number of carbonyl (C=O) groups is 1. The maximum absolute atomic E-state index is 12.7. The minimum absolute atomic E-state index is 0.0153. The molecule has 0 spiro atoms. The Labute approximate surface area is 161 Å². The number of benzene rings is 1. The number of hydrogen-bond acceptors (Lipinski definition) is 4. The zero-order valence-electron chi connectivity index (χ0n) is 15.7. The lowest BCUT2D eigenvalue weighted by Crippen LogP contribution is -2.52. The van der Waals surface area contributed by atoms with Gasteiger partial charge in [0, 0.05) is 48.0 Å². The Hall–Kier alpha value is -3.09. The van der Waals surface area contributed by atoms with Crippen molar-refractivity contribution in [2.75, 3.05) is 20.2 Å². The Morgan fingerprint density at radius 3 is 2.79 bits per heavy atom. The van der Waals surface area contributed by atoms with Crippen molar-refractivity contribution in [3.8, 4) is 5.75 Å². The molecule has 144 valence electrons. The smallest absolute Gasteiger partial charge is 0.270 e. The summed E-state index contributed by atoms with van der Waals surface area (Å²) in [5, 5.41) is 5.49. The van der Waals surface area contributed by atoms with Gasteiger partial charge < -0.3 is 14.6 Å². The maximum atomic E-state index is 12.7. The number of nitrogens with zero attached hydrogens (tertiary/aromatic N) is 3. The van der Waals surface area contributed by atoms with Crippen molar-refractivity contribution >= 4 is 16.8 Å². The Balaban J connectivity index is 1.25. The summed E-state index contributed by atoms with van der Waals surface area (Å²) in [4.78, 5) is 29.8. The highest BCUT2D eigenvalue weighted by Gasteiger charge is 2.33. The first-order chi connectivity index (χ1) is 13.6. The van der Waals surface area contributed by atoms with Gasteiger partial charge in [0.1, 0.15) is 11.4 Å². The van der Waals surface area contributed by atoms with Crippen LogP contribution in [0.5, 0.6) is 5.75 Å². The zero-order chi connectivity index (χ0) is 19.3. The molecular formula is C21H22N4O3. The van der Waals surface area contributed by atoms with Gasteiger partial charge in [0.15, 0.2) is 0 Å². The van der Waals surface area contributed by atoms with E-state index in [9.17, 15) is 9.59 Å². The minimum Gasteiger partial charge on any atom is -0.497 e. The summed E-state index contributed by atoms with van der Waals surface area (Å²) in [6.07, 6.45) is 2.32. The summed E-state index contributed by atoms with van der Waals surface area (Å²) in [6, 6.07) is 11.0. The number of H-pyrrole nitrogens is 1. The number of aromatic amines is 1. The molecule has 7 nitrogen and oxygen atoms in total. The number of hydrogen-bond donors (Lipinski definition) is 1. The van der Waals surface area contributed by atoms with Gasteiger partial charge in [-0.2, -0.15) is 5.10 Å². The number of carbonyl (C=O) groups excluding carboxylic acids is 1. The van der Waals surface area contributed by atoms with E-state index in [1.165, 1.54) is 0 Å². The van der Waals surface area contributed by atoms with Gasteiger partial charge in [-0.1, -0.05) is 0 Å². The van der Waals surface area contributed by atoms with Crippen molar-refractivity contribution in [1.29, 1.82) is 0 Å². The predicted molar refractivity (Wildman–Crippen MR) is 105 cm³/mol. The standard InChI is InChI=1S/C21H22N4O3/c1-28-16-5-4-15-8-19(22-18(15)9-16)21(27)24-10-13(11-24)12-25-20(26)7-6-17(23-25)14-2-3-14/h4-9,13-14,22H,2-3,10-12H2,1H3. The van der Waals surface area contributed by atoms with E-state index >= 15 is 0 Å². The molecule has 3 heterocycles. The highest BCUT2D eigenvalue weighted by Crippen LogP contribution is 2.38. The van der Waals surface area contributed by atoms with Crippen LogP contribution in [0, 0.1) is 5.92 Å². The molecule has 0 unspecified atom stereocenters. The first-order valence-corrected chi connectivity index (χ1v) is 9.65. The van der Waals surface area contributed by atoms with Gasteiger partial charge in [0.05, 0.1) is 19.3 Å². The van der Waals surface area contributed by atoms with Gasteiger partial charge in [-0.25, -0.2) is 4.68 Å². The quantitative estimate of drug-likeness (QED) is 0.739. The van der Waals surface area contributed by atoms with Crippen molar-refractivity contribution < 1.29 is 9.53 Å². The van der Waals surface area contributed by atoms with Gasteiger partial charge >= 0.3 is 0 Å². The molecule has 0 atom stereocenters. The van der Waals surface area contributed by atoms with Crippen LogP contribution in [-0.2, 0) is 6.54 Å². The molecule has 28 heavy (non-hydrogen) atoms. The normalized spacial score (nSPS) is 17.0. The lowest BCUT2D eigenvalue weighted by molar-refractivity contribution is 0.0453. The van der Waals surface area contributed by atoms with Crippen LogP contribution in [0.3, 0.4) is 0 Å². The lowest BCUT2D eigenvalue weighted by atomic mass is 9.99. The molecule has 1 aromatic carbocycles. The molecule has 7 heteroatoms. The van der Waals surface area contributed by atoms with Crippen molar-refractivity contribution in [3.63, 3.8) is 0 Å². The molecule has 1 amide bonds. The van der Waals surface area contributed by atoms with Crippen LogP contribution in [0.25, 0.3) is 10.9 Å². The Morgan fingerprint density at radius 2 is 2.04 bits per heavy atom. The number of methoxy groups -OCH3 is 1. The van der Waals surface area contributed by atoms with Crippen molar-refractivity contribution in [3.05, 3.63) is 58.1 Å². The van der Waals surface area contributed by atoms with Crippen molar-refractivity contribution in [1.82, 2.24) is 19.7 Å². The summed E-state index contributed by atoms with van der Waals surface area (Å²) >= 11 is 0.